The molecule has 2 aromatic carbocycles. The van der Waals surface area contributed by atoms with E-state index in [0.29, 0.717) is 13.2 Å². The molecule has 1 aliphatic rings. The van der Waals surface area contributed by atoms with E-state index in [2.05, 4.69) is 47.5 Å². The van der Waals surface area contributed by atoms with E-state index in [1.165, 1.54) is 11.1 Å². The Morgan fingerprint density at radius 2 is 1.70 bits per heavy atom. The molecular formula is C22H30N2O2S. The van der Waals surface area contributed by atoms with Crippen LogP contribution < -0.4 is 10.1 Å². The largest absolute Gasteiger partial charge is 0.491 e. The predicted molar refractivity (Wildman–Crippen MR) is 113 cm³/mol. The van der Waals surface area contributed by atoms with E-state index < -0.39 is 6.10 Å². The summed E-state index contributed by atoms with van der Waals surface area (Å²) in [5.74, 6) is 3.16. The number of para-hydroxylation sites is 1. The molecule has 0 bridgehead atoms. The summed E-state index contributed by atoms with van der Waals surface area (Å²) in [4.78, 5) is 2.32. The number of thioether (sulfide) groups is 1. The third kappa shape index (κ3) is 6.54. The van der Waals surface area contributed by atoms with Gasteiger partial charge in [-0.2, -0.15) is 11.8 Å². The molecule has 1 heterocycles. The Hall–Kier alpha value is -1.53. The van der Waals surface area contributed by atoms with Crippen molar-refractivity contribution in [1.29, 1.82) is 0 Å². The fourth-order valence-corrected chi connectivity index (χ4v) is 4.23. The van der Waals surface area contributed by atoms with Gasteiger partial charge in [-0.05, 0) is 24.1 Å². The number of rotatable bonds is 9. The van der Waals surface area contributed by atoms with Crippen LogP contribution in [0.5, 0.6) is 5.75 Å². The molecule has 0 amide bonds. The summed E-state index contributed by atoms with van der Waals surface area (Å²) < 4.78 is 5.95. The summed E-state index contributed by atoms with van der Waals surface area (Å²) in [6, 6.07) is 16.5. The van der Waals surface area contributed by atoms with Gasteiger partial charge >= 0.3 is 0 Å². The van der Waals surface area contributed by atoms with E-state index in [1.807, 2.05) is 30.0 Å². The molecule has 0 radical (unpaired) electrons. The fourth-order valence-electron chi connectivity index (χ4n) is 3.25. The number of aryl methyl sites for hydroxylation is 1. The molecular weight excluding hydrogens is 356 g/mol. The van der Waals surface area contributed by atoms with Crippen LogP contribution in [0.2, 0.25) is 0 Å². The van der Waals surface area contributed by atoms with Crippen molar-refractivity contribution >= 4 is 11.8 Å². The van der Waals surface area contributed by atoms with E-state index in [0.717, 1.165) is 49.0 Å². The van der Waals surface area contributed by atoms with Crippen LogP contribution in [-0.2, 0) is 13.1 Å². The third-order valence-corrected chi connectivity index (χ3v) is 5.81. The molecule has 0 saturated carbocycles. The first-order valence-electron chi connectivity index (χ1n) is 9.66. The summed E-state index contributed by atoms with van der Waals surface area (Å²) in [5.41, 5.74) is 3.73. The average Bonchev–Trinajstić information content (AvgIpc) is 2.69. The minimum absolute atomic E-state index is 0.332. The summed E-state index contributed by atoms with van der Waals surface area (Å²) in [6.07, 6.45) is -0.457. The van der Waals surface area contributed by atoms with E-state index >= 15 is 0 Å². The number of aliphatic hydroxyl groups is 1. The second-order valence-electron chi connectivity index (χ2n) is 7.02. The van der Waals surface area contributed by atoms with Crippen LogP contribution in [0.25, 0.3) is 0 Å². The molecule has 0 unspecified atom stereocenters. The average molecular weight is 387 g/mol. The standard InChI is InChI=1S/C22H30N2O2S/c1-18-6-2-3-7-19(18)14-23-15-20-8-4-5-9-22(20)26-17-21(25)16-24-10-12-27-13-11-24/h2-9,21,23,25H,10-17H2,1H3/t21-/m1/s1. The van der Waals surface area contributed by atoms with Crippen molar-refractivity contribution in [2.45, 2.75) is 26.1 Å². The van der Waals surface area contributed by atoms with Gasteiger partial charge in [0.05, 0.1) is 0 Å². The van der Waals surface area contributed by atoms with Gasteiger partial charge in [0.2, 0.25) is 0 Å². The third-order valence-electron chi connectivity index (χ3n) is 4.87. The van der Waals surface area contributed by atoms with Gasteiger partial charge in [0, 0.05) is 49.8 Å². The van der Waals surface area contributed by atoms with Crippen molar-refractivity contribution in [3.05, 3.63) is 65.2 Å². The van der Waals surface area contributed by atoms with E-state index in [-0.39, 0.29) is 0 Å². The van der Waals surface area contributed by atoms with Gasteiger partial charge < -0.3 is 15.2 Å². The lowest BCUT2D eigenvalue weighted by Crippen LogP contribution is -2.40. The maximum Gasteiger partial charge on any atom is 0.123 e. The van der Waals surface area contributed by atoms with Crippen LogP contribution in [-0.4, -0.2) is 53.9 Å². The van der Waals surface area contributed by atoms with Crippen molar-refractivity contribution < 1.29 is 9.84 Å². The predicted octanol–water partition coefficient (Wildman–Crippen LogP) is 3.07. The van der Waals surface area contributed by atoms with Crippen LogP contribution in [0, 0.1) is 6.92 Å². The van der Waals surface area contributed by atoms with E-state index in [1.54, 1.807) is 0 Å². The first kappa shape index (κ1) is 20.2. The molecule has 1 atom stereocenters. The molecule has 3 rings (SSSR count). The van der Waals surface area contributed by atoms with Crippen molar-refractivity contribution in [3.63, 3.8) is 0 Å². The van der Waals surface area contributed by atoms with Crippen LogP contribution in [0.1, 0.15) is 16.7 Å². The number of benzene rings is 2. The number of hydrogen-bond acceptors (Lipinski definition) is 5. The van der Waals surface area contributed by atoms with Gasteiger partial charge in [-0.3, -0.25) is 4.90 Å². The number of β-amino-alcohol motifs (C(OH)–C–C–N with tert-alkyl or cyclic N) is 1. The van der Waals surface area contributed by atoms with Crippen LogP contribution >= 0.6 is 11.8 Å². The Morgan fingerprint density at radius 1 is 1.04 bits per heavy atom. The van der Waals surface area contributed by atoms with Crippen molar-refractivity contribution in [2.24, 2.45) is 0 Å². The zero-order valence-corrected chi connectivity index (χ0v) is 16.9. The molecule has 1 saturated heterocycles. The molecule has 5 heteroatoms. The summed E-state index contributed by atoms with van der Waals surface area (Å²) in [7, 11) is 0. The SMILES string of the molecule is Cc1ccccc1CNCc1ccccc1OC[C@H](O)CN1CCSCC1. The topological polar surface area (TPSA) is 44.7 Å². The van der Waals surface area contributed by atoms with Gasteiger partial charge in [-0.1, -0.05) is 42.5 Å². The molecule has 27 heavy (non-hydrogen) atoms. The molecule has 0 aromatic heterocycles. The molecule has 146 valence electrons. The smallest absolute Gasteiger partial charge is 0.123 e. The summed E-state index contributed by atoms with van der Waals surface area (Å²) in [5, 5.41) is 13.8. The number of nitrogens with zero attached hydrogens (tertiary/aromatic N) is 1. The lowest BCUT2D eigenvalue weighted by Gasteiger charge is -2.28. The molecule has 1 aliphatic heterocycles. The first-order valence-corrected chi connectivity index (χ1v) is 10.8. The maximum absolute atomic E-state index is 10.3. The van der Waals surface area contributed by atoms with Gasteiger partial charge in [-0.15, -0.1) is 0 Å². The Morgan fingerprint density at radius 3 is 2.48 bits per heavy atom. The second-order valence-corrected chi connectivity index (χ2v) is 8.24. The Bertz CT molecular complexity index is 704. The fraction of sp³-hybridized carbons (Fsp3) is 0.455. The summed E-state index contributed by atoms with van der Waals surface area (Å²) >= 11 is 1.98. The molecule has 2 N–H and O–H groups in total. The van der Waals surface area contributed by atoms with Gasteiger partial charge in [0.15, 0.2) is 0 Å². The highest BCUT2D eigenvalue weighted by atomic mass is 32.2. The Kier molecular flexibility index (Phi) is 8.02. The van der Waals surface area contributed by atoms with E-state index in [9.17, 15) is 5.11 Å². The molecule has 0 aliphatic carbocycles. The Balaban J connectivity index is 1.47. The highest BCUT2D eigenvalue weighted by Crippen LogP contribution is 2.19. The maximum atomic E-state index is 10.3. The normalized spacial score (nSPS) is 16.2. The summed E-state index contributed by atoms with van der Waals surface area (Å²) in [6.45, 7) is 6.84. The quantitative estimate of drug-likeness (QED) is 0.693. The number of ether oxygens (including phenoxy) is 1. The lowest BCUT2D eigenvalue weighted by atomic mass is 10.1. The zero-order chi connectivity index (χ0) is 18.9. The van der Waals surface area contributed by atoms with Crippen molar-refractivity contribution in [1.82, 2.24) is 10.2 Å². The highest BCUT2D eigenvalue weighted by Gasteiger charge is 2.15. The van der Waals surface area contributed by atoms with Crippen molar-refractivity contribution in [2.75, 3.05) is 37.7 Å². The van der Waals surface area contributed by atoms with E-state index in [4.69, 9.17) is 4.74 Å². The number of hydrogen-bond donors (Lipinski definition) is 2. The minimum Gasteiger partial charge on any atom is -0.491 e. The highest BCUT2D eigenvalue weighted by molar-refractivity contribution is 7.99. The number of aliphatic hydroxyl groups excluding tert-OH is 1. The van der Waals surface area contributed by atoms with Gasteiger partial charge in [0.25, 0.3) is 0 Å². The second kappa shape index (κ2) is 10.7. The van der Waals surface area contributed by atoms with Crippen LogP contribution in [0.3, 0.4) is 0 Å². The molecule has 1 fully saturated rings. The zero-order valence-electron chi connectivity index (χ0n) is 16.1. The monoisotopic (exact) mass is 386 g/mol. The number of nitrogens with one attached hydrogen (secondary N) is 1. The molecule has 4 nitrogen and oxygen atoms in total. The first-order chi connectivity index (χ1) is 13.2. The lowest BCUT2D eigenvalue weighted by molar-refractivity contribution is 0.0711. The van der Waals surface area contributed by atoms with Gasteiger partial charge in [0.1, 0.15) is 18.5 Å². The molecule has 2 aromatic rings. The van der Waals surface area contributed by atoms with Gasteiger partial charge in [-0.25, -0.2) is 0 Å². The van der Waals surface area contributed by atoms with Crippen LogP contribution in [0.15, 0.2) is 48.5 Å². The minimum atomic E-state index is -0.457. The van der Waals surface area contributed by atoms with Crippen molar-refractivity contribution in [3.8, 4) is 5.75 Å². The molecule has 0 spiro atoms. The van der Waals surface area contributed by atoms with Crippen LogP contribution in [0.4, 0.5) is 0 Å². The Labute approximate surface area is 166 Å².